The van der Waals surface area contributed by atoms with Gasteiger partial charge < -0.3 is 10.1 Å². The zero-order valence-corrected chi connectivity index (χ0v) is 11.4. The van der Waals surface area contributed by atoms with Crippen molar-refractivity contribution in [2.24, 2.45) is 0 Å². The molecule has 0 rings (SSSR count). The van der Waals surface area contributed by atoms with Crippen molar-refractivity contribution in [3.05, 3.63) is 0 Å². The number of carbonyl (C=O) groups is 2. The van der Waals surface area contributed by atoms with E-state index in [-0.39, 0.29) is 5.91 Å². The van der Waals surface area contributed by atoms with E-state index in [0.717, 1.165) is 13.0 Å². The number of amides is 1. The normalized spacial score (nSPS) is 12.6. The summed E-state index contributed by atoms with van der Waals surface area (Å²) in [4.78, 5) is 24.7. The quantitative estimate of drug-likeness (QED) is 0.673. The van der Waals surface area contributed by atoms with Crippen molar-refractivity contribution in [3.63, 3.8) is 0 Å². The Labute approximate surface area is 103 Å². The van der Waals surface area contributed by atoms with Gasteiger partial charge >= 0.3 is 5.97 Å². The van der Waals surface area contributed by atoms with Crippen LogP contribution in [0.2, 0.25) is 0 Å². The fourth-order valence-electron chi connectivity index (χ4n) is 1.65. The smallest absolute Gasteiger partial charge is 0.329 e. The molecule has 1 unspecified atom stereocenters. The molecule has 0 fully saturated rings. The van der Waals surface area contributed by atoms with Crippen LogP contribution in [0, 0.1) is 0 Å². The first-order chi connectivity index (χ1) is 7.92. The van der Waals surface area contributed by atoms with Crippen molar-refractivity contribution in [1.29, 1.82) is 0 Å². The summed E-state index contributed by atoms with van der Waals surface area (Å²) in [5, 5.41) is 2.62. The highest BCUT2D eigenvalue weighted by Gasteiger charge is 2.24. The monoisotopic (exact) mass is 244 g/mol. The van der Waals surface area contributed by atoms with Crippen LogP contribution in [-0.2, 0) is 14.3 Å². The molecular weight excluding hydrogens is 220 g/mol. The summed E-state index contributed by atoms with van der Waals surface area (Å²) in [6.07, 6.45) is 1.01. The Kier molecular flexibility index (Phi) is 7.54. The van der Waals surface area contributed by atoms with Crippen LogP contribution >= 0.6 is 0 Å². The van der Waals surface area contributed by atoms with Crippen LogP contribution in [0.3, 0.4) is 0 Å². The molecule has 0 heterocycles. The molecule has 0 radical (unpaired) electrons. The van der Waals surface area contributed by atoms with Crippen molar-refractivity contribution >= 4 is 11.9 Å². The predicted molar refractivity (Wildman–Crippen MR) is 66.6 cm³/mol. The van der Waals surface area contributed by atoms with Gasteiger partial charge in [0.25, 0.3) is 0 Å². The van der Waals surface area contributed by atoms with Crippen molar-refractivity contribution in [3.8, 4) is 0 Å². The van der Waals surface area contributed by atoms with Crippen LogP contribution in [0.1, 0.15) is 34.1 Å². The minimum Gasteiger partial charge on any atom is -0.467 e. The first-order valence-electron chi connectivity index (χ1n) is 6.01. The highest BCUT2D eigenvalue weighted by Crippen LogP contribution is 2.03. The van der Waals surface area contributed by atoms with E-state index in [1.54, 1.807) is 0 Å². The highest BCUT2D eigenvalue weighted by atomic mass is 16.5. The van der Waals surface area contributed by atoms with Gasteiger partial charge in [-0.2, -0.15) is 0 Å². The zero-order valence-electron chi connectivity index (χ0n) is 11.4. The largest absolute Gasteiger partial charge is 0.467 e. The second kappa shape index (κ2) is 8.06. The third-order valence-electron chi connectivity index (χ3n) is 2.52. The number of ether oxygens (including phenoxy) is 1. The number of esters is 1. The number of nitrogens with one attached hydrogen (secondary N) is 1. The molecule has 0 aliphatic rings. The Bertz CT molecular complexity index is 254. The van der Waals surface area contributed by atoms with E-state index < -0.39 is 12.0 Å². The van der Waals surface area contributed by atoms with Crippen LogP contribution in [0.15, 0.2) is 0 Å². The van der Waals surface area contributed by atoms with E-state index in [1.165, 1.54) is 14.0 Å². The van der Waals surface area contributed by atoms with Gasteiger partial charge in [-0.15, -0.1) is 0 Å². The van der Waals surface area contributed by atoms with Gasteiger partial charge in [0.2, 0.25) is 5.91 Å². The molecule has 0 bridgehead atoms. The number of hydrogen-bond acceptors (Lipinski definition) is 4. The standard InChI is InChI=1S/C12H24N2O3/c1-6-7-14(9(2)3)8-11(12(16)17-5)13-10(4)15/h9,11H,6-8H2,1-5H3,(H,13,15). The Morgan fingerprint density at radius 2 is 1.94 bits per heavy atom. The molecular formula is C12H24N2O3. The summed E-state index contributed by atoms with van der Waals surface area (Å²) in [6.45, 7) is 8.99. The minimum absolute atomic E-state index is 0.222. The maximum Gasteiger partial charge on any atom is 0.329 e. The molecule has 0 saturated carbocycles. The topological polar surface area (TPSA) is 58.6 Å². The Balaban J connectivity index is 4.57. The van der Waals surface area contributed by atoms with Crippen molar-refractivity contribution in [2.45, 2.75) is 46.2 Å². The molecule has 1 amide bonds. The molecule has 1 N–H and O–H groups in total. The van der Waals surface area contributed by atoms with Crippen molar-refractivity contribution in [1.82, 2.24) is 10.2 Å². The van der Waals surface area contributed by atoms with Crippen LogP contribution < -0.4 is 5.32 Å². The molecule has 17 heavy (non-hydrogen) atoms. The van der Waals surface area contributed by atoms with E-state index >= 15 is 0 Å². The lowest BCUT2D eigenvalue weighted by Gasteiger charge is -2.29. The van der Waals surface area contributed by atoms with E-state index in [2.05, 4.69) is 31.0 Å². The summed E-state index contributed by atoms with van der Waals surface area (Å²) >= 11 is 0. The van der Waals surface area contributed by atoms with Gasteiger partial charge in [0.15, 0.2) is 0 Å². The van der Waals surface area contributed by atoms with E-state index in [0.29, 0.717) is 12.6 Å². The first kappa shape index (κ1) is 15.9. The van der Waals surface area contributed by atoms with Gasteiger partial charge in [0, 0.05) is 19.5 Å². The number of hydrogen-bond donors (Lipinski definition) is 1. The van der Waals surface area contributed by atoms with Crippen LogP contribution in [-0.4, -0.2) is 49.1 Å². The zero-order chi connectivity index (χ0) is 13.4. The molecule has 0 aromatic heterocycles. The lowest BCUT2D eigenvalue weighted by Crippen LogP contribution is -2.50. The van der Waals surface area contributed by atoms with Gasteiger partial charge in [-0.25, -0.2) is 4.79 Å². The molecule has 0 aliphatic heterocycles. The summed E-state index contributed by atoms with van der Waals surface area (Å²) in [5.74, 6) is -0.623. The third-order valence-corrected chi connectivity index (χ3v) is 2.52. The molecule has 1 atom stereocenters. The summed E-state index contributed by atoms with van der Waals surface area (Å²) in [5.41, 5.74) is 0. The van der Waals surface area contributed by atoms with Gasteiger partial charge in [-0.3, -0.25) is 9.69 Å². The average molecular weight is 244 g/mol. The lowest BCUT2D eigenvalue weighted by atomic mass is 10.2. The first-order valence-corrected chi connectivity index (χ1v) is 6.01. The van der Waals surface area contributed by atoms with Gasteiger partial charge in [-0.1, -0.05) is 6.92 Å². The second-order valence-corrected chi connectivity index (χ2v) is 4.36. The van der Waals surface area contributed by atoms with Crippen molar-refractivity contribution in [2.75, 3.05) is 20.2 Å². The lowest BCUT2D eigenvalue weighted by molar-refractivity contribution is -0.145. The molecule has 5 nitrogen and oxygen atoms in total. The van der Waals surface area contributed by atoms with Crippen LogP contribution in [0.25, 0.3) is 0 Å². The summed E-state index contributed by atoms with van der Waals surface area (Å²) in [7, 11) is 1.33. The number of carbonyl (C=O) groups excluding carboxylic acids is 2. The molecule has 0 aliphatic carbocycles. The SMILES string of the molecule is CCCN(CC(NC(C)=O)C(=O)OC)C(C)C. The Hall–Kier alpha value is -1.10. The predicted octanol–water partition coefficient (Wildman–Crippen LogP) is 0.785. The molecule has 0 aromatic carbocycles. The minimum atomic E-state index is -0.591. The second-order valence-electron chi connectivity index (χ2n) is 4.36. The Morgan fingerprint density at radius 1 is 1.35 bits per heavy atom. The maximum absolute atomic E-state index is 11.5. The summed E-state index contributed by atoms with van der Waals surface area (Å²) in [6, 6.07) is -0.262. The van der Waals surface area contributed by atoms with E-state index in [9.17, 15) is 9.59 Å². The number of nitrogens with zero attached hydrogens (tertiary/aromatic N) is 1. The highest BCUT2D eigenvalue weighted by molar-refractivity contribution is 5.83. The third kappa shape index (κ3) is 6.26. The van der Waals surface area contributed by atoms with Crippen LogP contribution in [0.5, 0.6) is 0 Å². The fraction of sp³-hybridized carbons (Fsp3) is 0.833. The van der Waals surface area contributed by atoms with Crippen molar-refractivity contribution < 1.29 is 14.3 Å². The molecule has 0 saturated heterocycles. The molecule has 0 spiro atoms. The van der Waals surface area contributed by atoms with E-state index in [4.69, 9.17) is 4.74 Å². The fourth-order valence-corrected chi connectivity index (χ4v) is 1.65. The maximum atomic E-state index is 11.5. The number of rotatable bonds is 7. The molecule has 100 valence electrons. The van der Waals surface area contributed by atoms with Gasteiger partial charge in [0.1, 0.15) is 6.04 Å². The van der Waals surface area contributed by atoms with Crippen LogP contribution in [0.4, 0.5) is 0 Å². The average Bonchev–Trinajstić information content (AvgIpc) is 2.25. The summed E-state index contributed by atoms with van der Waals surface area (Å²) < 4.78 is 4.69. The van der Waals surface area contributed by atoms with E-state index in [1.807, 2.05) is 0 Å². The number of methoxy groups -OCH3 is 1. The Morgan fingerprint density at radius 3 is 2.29 bits per heavy atom. The molecule has 5 heteroatoms. The van der Waals surface area contributed by atoms with Gasteiger partial charge in [0.05, 0.1) is 7.11 Å². The molecule has 0 aromatic rings. The van der Waals surface area contributed by atoms with Gasteiger partial charge in [-0.05, 0) is 26.8 Å².